The standard InChI is InChI=1S/C15H30N2S/c1-6-12(4)16-15(18-5)17-14-11(3)9-8-10-13(14)7-2/h11-14H,6-10H2,1-5H3,(H,16,17). The summed E-state index contributed by atoms with van der Waals surface area (Å²) in [7, 11) is 0. The number of amidine groups is 1. The Hall–Kier alpha value is -0.180. The summed E-state index contributed by atoms with van der Waals surface area (Å²) >= 11 is 1.76. The summed E-state index contributed by atoms with van der Waals surface area (Å²) in [6, 6.07) is 1.05. The van der Waals surface area contributed by atoms with Crippen LogP contribution in [0.2, 0.25) is 0 Å². The Morgan fingerprint density at radius 2 is 2.11 bits per heavy atom. The molecule has 0 aromatic rings. The molecule has 1 fully saturated rings. The van der Waals surface area contributed by atoms with E-state index in [1.54, 1.807) is 11.8 Å². The predicted octanol–water partition coefficient (Wildman–Crippen LogP) is 4.31. The van der Waals surface area contributed by atoms with Gasteiger partial charge in [0.1, 0.15) is 0 Å². The Bertz CT molecular complexity index is 265. The van der Waals surface area contributed by atoms with Gasteiger partial charge in [0.25, 0.3) is 0 Å². The van der Waals surface area contributed by atoms with Gasteiger partial charge in [-0.2, -0.15) is 0 Å². The molecule has 1 saturated carbocycles. The summed E-state index contributed by atoms with van der Waals surface area (Å²) in [4.78, 5) is 5.04. The van der Waals surface area contributed by atoms with E-state index in [0.717, 1.165) is 23.4 Å². The molecule has 1 rings (SSSR count). The molecule has 18 heavy (non-hydrogen) atoms. The number of hydrogen-bond donors (Lipinski definition) is 1. The van der Waals surface area contributed by atoms with E-state index in [4.69, 9.17) is 4.99 Å². The quantitative estimate of drug-likeness (QED) is 0.608. The summed E-state index contributed by atoms with van der Waals surface area (Å²) in [5, 5.41) is 4.68. The van der Waals surface area contributed by atoms with Crippen LogP contribution in [0.5, 0.6) is 0 Å². The first kappa shape index (κ1) is 15.9. The smallest absolute Gasteiger partial charge is 0.156 e. The third kappa shape index (κ3) is 4.49. The van der Waals surface area contributed by atoms with Gasteiger partial charge in [-0.1, -0.05) is 45.4 Å². The van der Waals surface area contributed by atoms with Crippen LogP contribution < -0.4 is 5.32 Å². The summed E-state index contributed by atoms with van der Waals surface area (Å²) < 4.78 is 0. The van der Waals surface area contributed by atoms with Gasteiger partial charge in [-0.25, -0.2) is 0 Å². The zero-order valence-corrected chi connectivity index (χ0v) is 13.5. The number of hydrogen-bond acceptors (Lipinski definition) is 2. The number of aliphatic imine (C=N–C) groups is 1. The Labute approximate surface area is 117 Å². The highest BCUT2D eigenvalue weighted by Crippen LogP contribution is 2.33. The summed E-state index contributed by atoms with van der Waals surface area (Å²) in [6.07, 6.45) is 8.64. The van der Waals surface area contributed by atoms with Crippen molar-refractivity contribution < 1.29 is 0 Å². The molecule has 0 bridgehead atoms. The number of nitrogens with zero attached hydrogens (tertiary/aromatic N) is 1. The number of nitrogens with one attached hydrogen (secondary N) is 1. The minimum Gasteiger partial charge on any atom is -0.362 e. The normalized spacial score (nSPS) is 31.2. The van der Waals surface area contributed by atoms with Crippen LogP contribution >= 0.6 is 11.8 Å². The second-order valence-electron chi connectivity index (χ2n) is 5.66. The van der Waals surface area contributed by atoms with Crippen molar-refractivity contribution in [2.45, 2.75) is 71.9 Å². The highest BCUT2D eigenvalue weighted by Gasteiger charge is 2.29. The van der Waals surface area contributed by atoms with Gasteiger partial charge in [-0.15, -0.1) is 0 Å². The van der Waals surface area contributed by atoms with Crippen molar-refractivity contribution in [3.05, 3.63) is 0 Å². The van der Waals surface area contributed by atoms with Crippen molar-refractivity contribution in [1.29, 1.82) is 0 Å². The molecule has 1 aliphatic rings. The molecule has 4 atom stereocenters. The van der Waals surface area contributed by atoms with Crippen LogP contribution in [0.3, 0.4) is 0 Å². The van der Waals surface area contributed by atoms with Gasteiger partial charge >= 0.3 is 0 Å². The van der Waals surface area contributed by atoms with Crippen LogP contribution in [0.15, 0.2) is 4.99 Å². The van der Waals surface area contributed by atoms with Crippen molar-refractivity contribution >= 4 is 16.9 Å². The lowest BCUT2D eigenvalue weighted by Crippen LogP contribution is -2.35. The van der Waals surface area contributed by atoms with Gasteiger partial charge < -0.3 is 5.32 Å². The fraction of sp³-hybridized carbons (Fsp3) is 0.933. The van der Waals surface area contributed by atoms with Crippen LogP contribution in [0.25, 0.3) is 0 Å². The summed E-state index contributed by atoms with van der Waals surface area (Å²) in [5.41, 5.74) is 0. The highest BCUT2D eigenvalue weighted by molar-refractivity contribution is 8.13. The van der Waals surface area contributed by atoms with Crippen LogP contribution in [-0.4, -0.2) is 23.5 Å². The second-order valence-corrected chi connectivity index (χ2v) is 6.45. The first-order valence-electron chi connectivity index (χ1n) is 7.50. The Morgan fingerprint density at radius 3 is 2.67 bits per heavy atom. The van der Waals surface area contributed by atoms with Gasteiger partial charge in [0.2, 0.25) is 0 Å². The van der Waals surface area contributed by atoms with E-state index in [-0.39, 0.29) is 0 Å². The average Bonchev–Trinajstić information content (AvgIpc) is 2.39. The second kappa shape index (κ2) is 8.08. The van der Waals surface area contributed by atoms with E-state index in [1.165, 1.54) is 25.7 Å². The molecule has 0 radical (unpaired) electrons. The van der Waals surface area contributed by atoms with Gasteiger partial charge in [0, 0.05) is 6.04 Å². The van der Waals surface area contributed by atoms with Crippen molar-refractivity contribution in [3.8, 4) is 0 Å². The van der Waals surface area contributed by atoms with Gasteiger partial charge in [-0.3, -0.25) is 4.99 Å². The van der Waals surface area contributed by atoms with E-state index < -0.39 is 0 Å². The first-order chi connectivity index (χ1) is 8.62. The highest BCUT2D eigenvalue weighted by atomic mass is 32.2. The van der Waals surface area contributed by atoms with E-state index in [0.29, 0.717) is 12.1 Å². The van der Waals surface area contributed by atoms with E-state index in [2.05, 4.69) is 39.3 Å². The van der Waals surface area contributed by atoms with Crippen molar-refractivity contribution in [3.63, 3.8) is 0 Å². The third-order valence-corrected chi connectivity index (χ3v) is 4.88. The van der Waals surface area contributed by atoms with E-state index in [9.17, 15) is 0 Å². The van der Waals surface area contributed by atoms with E-state index in [1.807, 2.05) is 0 Å². The van der Waals surface area contributed by atoms with Crippen LogP contribution in [0, 0.1) is 11.8 Å². The lowest BCUT2D eigenvalue weighted by atomic mass is 9.77. The molecule has 4 unspecified atom stereocenters. The van der Waals surface area contributed by atoms with Crippen LogP contribution in [0.1, 0.15) is 59.8 Å². The lowest BCUT2D eigenvalue weighted by molar-refractivity contribution is 0.231. The minimum absolute atomic E-state index is 0.523. The average molecular weight is 270 g/mol. The molecule has 2 nitrogen and oxygen atoms in total. The number of rotatable bonds is 4. The van der Waals surface area contributed by atoms with Crippen LogP contribution in [0.4, 0.5) is 0 Å². The molecule has 0 heterocycles. The minimum atomic E-state index is 0.523. The molecule has 0 amide bonds. The van der Waals surface area contributed by atoms with E-state index >= 15 is 0 Å². The van der Waals surface area contributed by atoms with Crippen molar-refractivity contribution in [2.24, 2.45) is 16.8 Å². The maximum Gasteiger partial charge on any atom is 0.156 e. The third-order valence-electron chi connectivity index (χ3n) is 4.27. The molecular formula is C15H30N2S. The van der Waals surface area contributed by atoms with Gasteiger partial charge in [-0.05, 0) is 44.3 Å². The predicted molar refractivity (Wildman–Crippen MR) is 84.4 cm³/mol. The van der Waals surface area contributed by atoms with Crippen LogP contribution in [-0.2, 0) is 0 Å². The maximum atomic E-state index is 5.04. The zero-order valence-electron chi connectivity index (χ0n) is 12.7. The molecule has 0 aliphatic heterocycles. The molecule has 0 aromatic heterocycles. The molecular weight excluding hydrogens is 240 g/mol. The molecule has 1 aliphatic carbocycles. The molecule has 1 N–H and O–H groups in total. The fourth-order valence-corrected chi connectivity index (χ4v) is 3.33. The molecule has 0 aromatic carbocycles. The Kier molecular flexibility index (Phi) is 7.13. The SMILES string of the molecule is CCC(C)NC(=NC1C(C)CCCC1CC)SC. The topological polar surface area (TPSA) is 24.4 Å². The molecule has 0 spiro atoms. The first-order valence-corrected chi connectivity index (χ1v) is 8.73. The molecule has 106 valence electrons. The fourth-order valence-electron chi connectivity index (χ4n) is 2.78. The number of thioether (sulfide) groups is 1. The summed E-state index contributed by atoms with van der Waals surface area (Å²) in [5.74, 6) is 1.53. The maximum absolute atomic E-state index is 5.04. The lowest BCUT2D eigenvalue weighted by Gasteiger charge is -2.34. The summed E-state index contributed by atoms with van der Waals surface area (Å²) in [6.45, 7) is 9.13. The Morgan fingerprint density at radius 1 is 1.39 bits per heavy atom. The largest absolute Gasteiger partial charge is 0.362 e. The zero-order chi connectivity index (χ0) is 13.5. The van der Waals surface area contributed by atoms with Gasteiger partial charge in [0.05, 0.1) is 6.04 Å². The van der Waals surface area contributed by atoms with Crippen molar-refractivity contribution in [2.75, 3.05) is 6.26 Å². The monoisotopic (exact) mass is 270 g/mol. The molecule has 3 heteroatoms. The molecule has 0 saturated heterocycles. The van der Waals surface area contributed by atoms with Gasteiger partial charge in [0.15, 0.2) is 5.17 Å². The Balaban J connectivity index is 2.73. The van der Waals surface area contributed by atoms with Crippen molar-refractivity contribution in [1.82, 2.24) is 5.32 Å².